The van der Waals surface area contributed by atoms with Gasteiger partial charge >= 0.3 is 0 Å². The van der Waals surface area contributed by atoms with Gasteiger partial charge in [0, 0.05) is 37.3 Å². The highest BCUT2D eigenvalue weighted by Gasteiger charge is 2.68. The molecule has 0 radical (unpaired) electrons. The van der Waals surface area contributed by atoms with E-state index in [0.29, 0.717) is 12.8 Å². The first-order valence-electron chi connectivity index (χ1n) is 12.5. The predicted octanol–water partition coefficient (Wildman–Crippen LogP) is 4.11. The van der Waals surface area contributed by atoms with Gasteiger partial charge in [0.1, 0.15) is 15.7 Å². The van der Waals surface area contributed by atoms with Gasteiger partial charge in [-0.25, -0.2) is 0 Å². The second-order valence-electron chi connectivity index (χ2n) is 11.5. The standard InChI is InChI=1S/C26H35NO4S2/c1-24-9-7-17(28)13-16(24)5-6-18-19-8-10-26(31,25(19,2)14-20(29)22(18)24)21(30)15-33-23(32)27-11-3-4-12-27/h13,18-19,22,31H,3-12,14-15H2,1-2H3. The van der Waals surface area contributed by atoms with Crippen LogP contribution in [0.25, 0.3) is 0 Å². The van der Waals surface area contributed by atoms with Gasteiger partial charge in [0.05, 0.1) is 5.75 Å². The van der Waals surface area contributed by atoms with Crippen LogP contribution in [0.3, 0.4) is 0 Å². The molecule has 180 valence electrons. The maximum absolute atomic E-state index is 13.7. The second kappa shape index (κ2) is 8.27. The first-order chi connectivity index (χ1) is 15.6. The molecule has 4 aliphatic carbocycles. The highest BCUT2D eigenvalue weighted by atomic mass is 32.2. The Labute approximate surface area is 206 Å². The zero-order chi connectivity index (χ0) is 23.6. The van der Waals surface area contributed by atoms with Crippen molar-refractivity contribution in [1.82, 2.24) is 4.90 Å². The zero-order valence-electron chi connectivity index (χ0n) is 19.7. The summed E-state index contributed by atoms with van der Waals surface area (Å²) in [7, 11) is 0. The van der Waals surface area contributed by atoms with E-state index < -0.39 is 11.0 Å². The monoisotopic (exact) mass is 489 g/mol. The number of rotatable bonds is 3. The molecule has 5 nitrogen and oxygen atoms in total. The molecule has 33 heavy (non-hydrogen) atoms. The molecule has 1 N–H and O–H groups in total. The van der Waals surface area contributed by atoms with E-state index in [0.717, 1.165) is 61.5 Å². The Morgan fingerprint density at radius 1 is 1.18 bits per heavy atom. The van der Waals surface area contributed by atoms with Crippen molar-refractivity contribution in [3.8, 4) is 0 Å². The number of likely N-dealkylation sites (tertiary alicyclic amines) is 1. The number of aliphatic hydroxyl groups is 1. The summed E-state index contributed by atoms with van der Waals surface area (Å²) in [6, 6.07) is 0. The van der Waals surface area contributed by atoms with Gasteiger partial charge < -0.3 is 10.0 Å². The van der Waals surface area contributed by atoms with Gasteiger partial charge in [-0.05, 0) is 68.3 Å². The van der Waals surface area contributed by atoms with E-state index in [1.165, 1.54) is 11.8 Å². The zero-order valence-corrected chi connectivity index (χ0v) is 21.4. The quantitative estimate of drug-likeness (QED) is 0.598. The summed E-state index contributed by atoms with van der Waals surface area (Å²) in [6.07, 6.45) is 8.48. The molecule has 5 aliphatic rings. The van der Waals surface area contributed by atoms with Crippen molar-refractivity contribution < 1.29 is 19.5 Å². The molecular formula is C26H35NO4S2. The Morgan fingerprint density at radius 2 is 1.91 bits per heavy atom. The fraction of sp³-hybridized carbons (Fsp3) is 0.769. The maximum atomic E-state index is 13.7. The molecule has 0 aromatic rings. The molecule has 0 aromatic heterocycles. The van der Waals surface area contributed by atoms with E-state index in [1.807, 2.05) is 6.92 Å². The Bertz CT molecular complexity index is 941. The summed E-state index contributed by atoms with van der Waals surface area (Å²) in [4.78, 5) is 41.3. The number of Topliss-reactive ketones (excluding diaryl/α,β-unsaturated/α-hetero) is 2. The molecule has 5 rings (SSSR count). The lowest BCUT2D eigenvalue weighted by Crippen LogP contribution is -2.60. The first-order valence-corrected chi connectivity index (χ1v) is 13.9. The normalized spacial score (nSPS) is 42.5. The summed E-state index contributed by atoms with van der Waals surface area (Å²) < 4.78 is 0.746. The van der Waals surface area contributed by atoms with Crippen LogP contribution in [0.1, 0.15) is 71.6 Å². The summed E-state index contributed by atoms with van der Waals surface area (Å²) >= 11 is 6.89. The van der Waals surface area contributed by atoms with Crippen LogP contribution < -0.4 is 0 Å². The number of thioether (sulfide) groups is 1. The van der Waals surface area contributed by atoms with Gasteiger partial charge in [0.15, 0.2) is 11.6 Å². The van der Waals surface area contributed by atoms with Crippen molar-refractivity contribution >= 4 is 45.7 Å². The number of hydrogen-bond acceptors (Lipinski definition) is 6. The molecule has 0 bridgehead atoms. The molecule has 1 aliphatic heterocycles. The second-order valence-corrected chi connectivity index (χ2v) is 13.1. The minimum absolute atomic E-state index is 0.0988. The lowest BCUT2D eigenvalue weighted by atomic mass is 9.46. The lowest BCUT2D eigenvalue weighted by molar-refractivity contribution is -0.167. The van der Waals surface area contributed by atoms with Crippen molar-refractivity contribution in [2.24, 2.45) is 28.6 Å². The number of carbonyl (C=O) groups is 3. The minimum atomic E-state index is -1.47. The number of ketones is 3. The van der Waals surface area contributed by atoms with Gasteiger partial charge in [-0.3, -0.25) is 14.4 Å². The summed E-state index contributed by atoms with van der Waals surface area (Å²) in [6.45, 7) is 6.05. The Kier molecular flexibility index (Phi) is 5.93. The Morgan fingerprint density at radius 3 is 2.64 bits per heavy atom. The molecule has 0 aromatic carbocycles. The lowest BCUT2D eigenvalue weighted by Gasteiger charge is -2.57. The smallest absolute Gasteiger partial charge is 0.175 e. The van der Waals surface area contributed by atoms with Gasteiger partial charge in [0.25, 0.3) is 0 Å². The molecule has 3 saturated carbocycles. The third-order valence-corrected chi connectivity index (χ3v) is 11.5. The highest BCUT2D eigenvalue weighted by Crippen LogP contribution is 2.66. The van der Waals surface area contributed by atoms with E-state index in [9.17, 15) is 19.5 Å². The number of hydrogen-bond donors (Lipinski definition) is 1. The topological polar surface area (TPSA) is 74.7 Å². The summed E-state index contributed by atoms with van der Waals surface area (Å²) in [5, 5.41) is 11.8. The summed E-state index contributed by atoms with van der Waals surface area (Å²) in [5.41, 5.74) is -1.29. The highest BCUT2D eigenvalue weighted by molar-refractivity contribution is 8.23. The Hall–Kier alpha value is -1.05. The van der Waals surface area contributed by atoms with E-state index in [-0.39, 0.29) is 52.7 Å². The largest absolute Gasteiger partial charge is 0.381 e. The van der Waals surface area contributed by atoms with Crippen LogP contribution in [-0.4, -0.2) is 56.1 Å². The number of thiocarbonyl (C=S) groups is 1. The van der Waals surface area contributed by atoms with Crippen molar-refractivity contribution in [3.63, 3.8) is 0 Å². The maximum Gasteiger partial charge on any atom is 0.175 e. The van der Waals surface area contributed by atoms with Gasteiger partial charge in [-0.2, -0.15) is 0 Å². The van der Waals surface area contributed by atoms with E-state index in [4.69, 9.17) is 12.2 Å². The molecule has 6 unspecified atom stereocenters. The van der Waals surface area contributed by atoms with Crippen molar-refractivity contribution in [3.05, 3.63) is 11.6 Å². The summed E-state index contributed by atoms with van der Waals surface area (Å²) in [5.74, 6) is 0.582. The molecule has 1 heterocycles. The fourth-order valence-corrected chi connectivity index (χ4v) is 9.30. The van der Waals surface area contributed by atoms with Gasteiger partial charge in [-0.15, -0.1) is 0 Å². The molecule has 6 atom stereocenters. The van der Waals surface area contributed by atoms with Crippen LogP contribution in [-0.2, 0) is 14.4 Å². The number of fused-ring (bicyclic) bond motifs is 5. The van der Waals surface area contributed by atoms with Crippen LogP contribution in [0.15, 0.2) is 11.6 Å². The molecule has 4 fully saturated rings. The van der Waals surface area contributed by atoms with Crippen LogP contribution in [0.5, 0.6) is 0 Å². The van der Waals surface area contributed by atoms with Crippen LogP contribution in [0.2, 0.25) is 0 Å². The van der Waals surface area contributed by atoms with Crippen LogP contribution >= 0.6 is 24.0 Å². The average molecular weight is 490 g/mol. The van der Waals surface area contributed by atoms with Crippen molar-refractivity contribution in [2.75, 3.05) is 18.8 Å². The van der Waals surface area contributed by atoms with Crippen LogP contribution in [0.4, 0.5) is 0 Å². The van der Waals surface area contributed by atoms with E-state index >= 15 is 0 Å². The SMILES string of the molecule is CC12CCC(=O)C=C1CCC1C2C(=O)CC2(C)C1CCC2(O)C(=O)CSC(=S)N1CCCC1. The van der Waals surface area contributed by atoms with Crippen molar-refractivity contribution in [1.29, 1.82) is 0 Å². The van der Waals surface area contributed by atoms with Gasteiger partial charge in [0.2, 0.25) is 0 Å². The molecule has 7 heteroatoms. The molecule has 0 amide bonds. The third kappa shape index (κ3) is 3.51. The molecular weight excluding hydrogens is 454 g/mol. The third-order valence-electron chi connectivity index (χ3n) is 9.96. The van der Waals surface area contributed by atoms with Gasteiger partial charge in [-0.1, -0.05) is 43.4 Å². The predicted molar refractivity (Wildman–Crippen MR) is 133 cm³/mol. The number of nitrogens with zero attached hydrogens (tertiary/aromatic N) is 1. The number of allylic oxidation sites excluding steroid dienone is 1. The van der Waals surface area contributed by atoms with E-state index in [1.54, 1.807) is 6.08 Å². The molecule has 0 spiro atoms. The van der Waals surface area contributed by atoms with Crippen molar-refractivity contribution in [2.45, 2.75) is 77.2 Å². The van der Waals surface area contributed by atoms with E-state index in [2.05, 4.69) is 11.8 Å². The minimum Gasteiger partial charge on any atom is -0.381 e. The average Bonchev–Trinajstić information content (AvgIpc) is 3.39. The fourth-order valence-electron chi connectivity index (χ4n) is 8.08. The Balaban J connectivity index is 1.36. The van der Waals surface area contributed by atoms with Crippen LogP contribution in [0, 0.1) is 28.6 Å². The molecule has 1 saturated heterocycles. The first kappa shape index (κ1) is 23.7. The number of carbonyl (C=O) groups excluding carboxylic acids is 3.